The maximum atomic E-state index is 5.93. The maximum absolute atomic E-state index is 5.93. The Labute approximate surface area is 167 Å². The summed E-state index contributed by atoms with van der Waals surface area (Å²) in [5, 5.41) is 0. The van der Waals surface area contributed by atoms with E-state index in [9.17, 15) is 0 Å². The van der Waals surface area contributed by atoms with Gasteiger partial charge in [-0.1, -0.05) is 30.3 Å². The third-order valence-electron chi connectivity index (χ3n) is 6.27. The molecule has 0 saturated carbocycles. The summed E-state index contributed by atoms with van der Waals surface area (Å²) in [5.41, 5.74) is 4.31. The standard InChI is InChI=1S/C24H28N2O2/c1-2-8-21-19(6-1)18-20(21)7-4-11-25-12-14-26(15-13-25)22-9-3-10-23-24(22)28-17-5-16-27-23/h1-3,5-6,8-10,16,20H,4,7,11-15,17-18H2/t20-/m1/s1. The molecule has 0 radical (unpaired) electrons. The number of para-hydroxylation sites is 1. The number of piperazine rings is 1. The number of ether oxygens (including phenoxy) is 2. The summed E-state index contributed by atoms with van der Waals surface area (Å²) in [7, 11) is 0. The molecule has 0 spiro atoms. The van der Waals surface area contributed by atoms with Crippen LogP contribution in [0.4, 0.5) is 5.69 Å². The number of hydrogen-bond donors (Lipinski definition) is 0. The first kappa shape index (κ1) is 17.6. The molecule has 2 aromatic carbocycles. The van der Waals surface area contributed by atoms with Gasteiger partial charge in [-0.3, -0.25) is 4.90 Å². The van der Waals surface area contributed by atoms with Gasteiger partial charge in [0.25, 0.3) is 0 Å². The minimum atomic E-state index is 0.564. The third-order valence-corrected chi connectivity index (χ3v) is 6.27. The van der Waals surface area contributed by atoms with Gasteiger partial charge in [-0.2, -0.15) is 0 Å². The smallest absolute Gasteiger partial charge is 0.185 e. The molecular weight excluding hydrogens is 348 g/mol. The minimum Gasteiger partial charge on any atom is -0.483 e. The fourth-order valence-electron chi connectivity index (χ4n) is 4.68. The molecule has 4 nitrogen and oxygen atoms in total. The van der Waals surface area contributed by atoms with Crippen molar-refractivity contribution in [1.82, 2.24) is 4.90 Å². The van der Waals surface area contributed by atoms with Gasteiger partial charge in [-0.25, -0.2) is 0 Å². The Bertz CT molecular complexity index is 855. The van der Waals surface area contributed by atoms with Gasteiger partial charge in [0.2, 0.25) is 0 Å². The van der Waals surface area contributed by atoms with Crippen molar-refractivity contribution in [2.45, 2.75) is 25.2 Å². The lowest BCUT2D eigenvalue weighted by Gasteiger charge is -2.37. The largest absolute Gasteiger partial charge is 0.483 e. The van der Waals surface area contributed by atoms with Gasteiger partial charge in [-0.05, 0) is 61.1 Å². The second-order valence-electron chi connectivity index (χ2n) is 7.98. The van der Waals surface area contributed by atoms with Gasteiger partial charge in [0.05, 0.1) is 11.9 Å². The Kier molecular flexibility index (Phi) is 4.96. The van der Waals surface area contributed by atoms with E-state index in [2.05, 4.69) is 46.2 Å². The summed E-state index contributed by atoms with van der Waals surface area (Å²) in [4.78, 5) is 5.05. The lowest BCUT2D eigenvalue weighted by atomic mass is 9.75. The summed E-state index contributed by atoms with van der Waals surface area (Å²) in [6.07, 6.45) is 7.51. The van der Waals surface area contributed by atoms with Crippen LogP contribution in [-0.2, 0) is 6.42 Å². The van der Waals surface area contributed by atoms with Crippen molar-refractivity contribution < 1.29 is 9.47 Å². The number of anilines is 1. The van der Waals surface area contributed by atoms with E-state index in [1.165, 1.54) is 25.8 Å². The number of nitrogens with zero attached hydrogens (tertiary/aromatic N) is 2. The number of rotatable bonds is 5. The van der Waals surface area contributed by atoms with Crippen LogP contribution >= 0.6 is 0 Å². The molecule has 0 amide bonds. The molecule has 0 N–H and O–H groups in total. The molecule has 146 valence electrons. The molecule has 0 aromatic heterocycles. The molecule has 2 aromatic rings. The Morgan fingerprint density at radius 1 is 0.964 bits per heavy atom. The summed E-state index contributed by atoms with van der Waals surface area (Å²) in [6.45, 7) is 6.09. The van der Waals surface area contributed by atoms with E-state index in [1.807, 2.05) is 12.1 Å². The zero-order valence-corrected chi connectivity index (χ0v) is 16.3. The Balaban J connectivity index is 1.12. The third kappa shape index (κ3) is 3.49. The molecule has 1 saturated heterocycles. The number of benzene rings is 2. The quantitative estimate of drug-likeness (QED) is 0.780. The number of hydrogen-bond acceptors (Lipinski definition) is 4. The molecular formula is C24H28N2O2. The predicted molar refractivity (Wildman–Crippen MR) is 112 cm³/mol. The molecule has 2 aliphatic heterocycles. The summed E-state index contributed by atoms with van der Waals surface area (Å²) in [6, 6.07) is 15.1. The first-order valence-electron chi connectivity index (χ1n) is 10.5. The molecule has 1 atom stereocenters. The van der Waals surface area contributed by atoms with Crippen LogP contribution in [0.3, 0.4) is 0 Å². The molecule has 28 heavy (non-hydrogen) atoms. The molecule has 2 heterocycles. The lowest BCUT2D eigenvalue weighted by Crippen LogP contribution is -2.46. The second-order valence-corrected chi connectivity index (χ2v) is 7.98. The Morgan fingerprint density at radius 2 is 1.86 bits per heavy atom. The zero-order valence-electron chi connectivity index (χ0n) is 16.3. The van der Waals surface area contributed by atoms with E-state index in [0.717, 1.165) is 49.3 Å². The highest BCUT2D eigenvalue weighted by molar-refractivity contribution is 5.65. The SMILES string of the molecule is C1=COc2cccc(N3CCN(CCC[C@@H]4Cc5ccccc54)CC3)c2OC1. The molecule has 0 bridgehead atoms. The highest BCUT2D eigenvalue weighted by Gasteiger charge is 2.26. The highest BCUT2D eigenvalue weighted by Crippen LogP contribution is 2.40. The van der Waals surface area contributed by atoms with Crippen molar-refractivity contribution in [3.8, 4) is 11.5 Å². The van der Waals surface area contributed by atoms with Gasteiger partial charge in [0.1, 0.15) is 6.61 Å². The van der Waals surface area contributed by atoms with Crippen molar-refractivity contribution in [2.75, 3.05) is 44.2 Å². The first-order chi connectivity index (χ1) is 13.9. The van der Waals surface area contributed by atoms with Crippen LogP contribution in [0.25, 0.3) is 0 Å². The average molecular weight is 377 g/mol. The second kappa shape index (κ2) is 7.88. The van der Waals surface area contributed by atoms with Crippen LogP contribution in [0, 0.1) is 0 Å². The van der Waals surface area contributed by atoms with Crippen molar-refractivity contribution in [3.05, 3.63) is 65.9 Å². The molecule has 0 unspecified atom stereocenters. The van der Waals surface area contributed by atoms with Crippen molar-refractivity contribution in [3.63, 3.8) is 0 Å². The molecule has 1 fully saturated rings. The van der Waals surface area contributed by atoms with Crippen LogP contribution < -0.4 is 14.4 Å². The molecule has 5 rings (SSSR count). The van der Waals surface area contributed by atoms with E-state index in [-0.39, 0.29) is 0 Å². The predicted octanol–water partition coefficient (Wildman–Crippen LogP) is 4.21. The van der Waals surface area contributed by atoms with Gasteiger partial charge < -0.3 is 14.4 Å². The molecule has 4 heteroatoms. The average Bonchev–Trinajstić information content (AvgIpc) is 2.97. The van der Waals surface area contributed by atoms with E-state index < -0.39 is 0 Å². The van der Waals surface area contributed by atoms with Gasteiger partial charge in [0.15, 0.2) is 11.5 Å². The lowest BCUT2D eigenvalue weighted by molar-refractivity contribution is 0.248. The fourth-order valence-corrected chi connectivity index (χ4v) is 4.68. The van der Waals surface area contributed by atoms with Crippen LogP contribution in [0.1, 0.15) is 29.9 Å². The van der Waals surface area contributed by atoms with Crippen LogP contribution in [-0.4, -0.2) is 44.2 Å². The maximum Gasteiger partial charge on any atom is 0.185 e. The van der Waals surface area contributed by atoms with Crippen molar-refractivity contribution >= 4 is 5.69 Å². The van der Waals surface area contributed by atoms with Crippen LogP contribution in [0.2, 0.25) is 0 Å². The molecule has 1 aliphatic carbocycles. The van der Waals surface area contributed by atoms with Gasteiger partial charge >= 0.3 is 0 Å². The van der Waals surface area contributed by atoms with Crippen molar-refractivity contribution in [1.29, 1.82) is 0 Å². The van der Waals surface area contributed by atoms with Crippen molar-refractivity contribution in [2.24, 2.45) is 0 Å². The summed E-state index contributed by atoms with van der Waals surface area (Å²) >= 11 is 0. The normalized spacial score (nSPS) is 21.0. The van der Waals surface area contributed by atoms with Gasteiger partial charge in [-0.15, -0.1) is 0 Å². The van der Waals surface area contributed by atoms with E-state index in [1.54, 1.807) is 17.4 Å². The fraction of sp³-hybridized carbons (Fsp3) is 0.417. The Morgan fingerprint density at radius 3 is 2.75 bits per heavy atom. The van der Waals surface area contributed by atoms with Crippen LogP contribution in [0.5, 0.6) is 11.5 Å². The van der Waals surface area contributed by atoms with E-state index in [4.69, 9.17) is 9.47 Å². The number of fused-ring (bicyclic) bond motifs is 2. The van der Waals surface area contributed by atoms with Gasteiger partial charge in [0, 0.05) is 26.2 Å². The summed E-state index contributed by atoms with van der Waals surface area (Å²) in [5.74, 6) is 2.49. The monoisotopic (exact) mass is 376 g/mol. The molecule has 3 aliphatic rings. The van der Waals surface area contributed by atoms with Crippen LogP contribution in [0.15, 0.2) is 54.8 Å². The Hall–Kier alpha value is -2.46. The first-order valence-corrected chi connectivity index (χ1v) is 10.5. The van der Waals surface area contributed by atoms with E-state index >= 15 is 0 Å². The van der Waals surface area contributed by atoms with E-state index in [0.29, 0.717) is 6.61 Å². The summed E-state index contributed by atoms with van der Waals surface area (Å²) < 4.78 is 11.6. The zero-order chi connectivity index (χ0) is 18.8. The highest BCUT2D eigenvalue weighted by atomic mass is 16.5. The minimum absolute atomic E-state index is 0.564. The topological polar surface area (TPSA) is 24.9 Å².